The van der Waals surface area contributed by atoms with Gasteiger partial charge in [-0.25, -0.2) is 9.67 Å². The van der Waals surface area contributed by atoms with Crippen molar-refractivity contribution in [2.75, 3.05) is 38.3 Å². The van der Waals surface area contributed by atoms with Crippen molar-refractivity contribution in [1.29, 1.82) is 0 Å². The van der Waals surface area contributed by atoms with Gasteiger partial charge in [-0.1, -0.05) is 23.8 Å². The van der Waals surface area contributed by atoms with E-state index in [0.717, 1.165) is 52.7 Å². The molecule has 1 saturated heterocycles. The summed E-state index contributed by atoms with van der Waals surface area (Å²) >= 11 is 0. The number of rotatable bonds is 5. The van der Waals surface area contributed by atoms with E-state index in [1.54, 1.807) is 7.11 Å². The average molecular weight is 404 g/mol. The molecule has 0 N–H and O–H groups in total. The zero-order valence-electron chi connectivity index (χ0n) is 17.2. The number of hydrogen-bond acceptors (Lipinski definition) is 6. The van der Waals surface area contributed by atoms with Gasteiger partial charge in [0.2, 0.25) is 0 Å². The number of ether oxygens (including phenoxy) is 2. The van der Waals surface area contributed by atoms with Crippen LogP contribution in [0.2, 0.25) is 0 Å². The molecule has 1 aliphatic heterocycles. The van der Waals surface area contributed by atoms with E-state index in [0.29, 0.717) is 19.8 Å². The molecule has 1 fully saturated rings. The topological polar surface area (TPSA) is 65.5 Å². The fourth-order valence-electron chi connectivity index (χ4n) is 3.82. The molecule has 4 heterocycles. The number of benzene rings is 1. The fraction of sp³-hybridized carbons (Fsp3) is 0.304. The van der Waals surface area contributed by atoms with Crippen LogP contribution in [0, 0.1) is 6.92 Å². The molecule has 1 aromatic carbocycles. The van der Waals surface area contributed by atoms with Crippen LogP contribution in [0.1, 0.15) is 11.3 Å². The summed E-state index contributed by atoms with van der Waals surface area (Å²) < 4.78 is 18.7. The zero-order chi connectivity index (χ0) is 20.5. The van der Waals surface area contributed by atoms with Gasteiger partial charge in [-0.15, -0.1) is 0 Å². The standard InChI is InChI=1S/C23H24N4O3/c1-16-4-3-5-17(12-16)19-6-7-27(25-19)22-14-21(26-8-10-29-11-9-26)23-20(24-22)13-18(30-23)15-28-2/h3-7,12-14H,8-11,15H2,1-2H3. The summed E-state index contributed by atoms with van der Waals surface area (Å²) in [6, 6.07) is 14.3. The summed E-state index contributed by atoms with van der Waals surface area (Å²) in [4.78, 5) is 7.10. The number of methoxy groups -OCH3 is 1. The second-order valence-corrected chi connectivity index (χ2v) is 7.47. The number of hydrogen-bond donors (Lipinski definition) is 0. The van der Waals surface area contributed by atoms with Crippen LogP contribution in [-0.2, 0) is 16.1 Å². The van der Waals surface area contributed by atoms with E-state index in [4.69, 9.17) is 24.0 Å². The van der Waals surface area contributed by atoms with Crippen molar-refractivity contribution in [2.45, 2.75) is 13.5 Å². The molecule has 0 unspecified atom stereocenters. The van der Waals surface area contributed by atoms with Crippen molar-refractivity contribution in [2.24, 2.45) is 0 Å². The van der Waals surface area contributed by atoms with Gasteiger partial charge in [-0.3, -0.25) is 0 Å². The van der Waals surface area contributed by atoms with Crippen LogP contribution in [0.15, 0.2) is 53.1 Å². The van der Waals surface area contributed by atoms with Crippen molar-refractivity contribution in [3.8, 4) is 17.1 Å². The van der Waals surface area contributed by atoms with Gasteiger partial charge in [-0.2, -0.15) is 5.10 Å². The Kier molecular flexibility index (Phi) is 4.98. The second kappa shape index (κ2) is 7.93. The van der Waals surface area contributed by atoms with Crippen LogP contribution in [-0.4, -0.2) is 48.2 Å². The number of anilines is 1. The van der Waals surface area contributed by atoms with Crippen LogP contribution >= 0.6 is 0 Å². The van der Waals surface area contributed by atoms with Gasteiger partial charge in [0, 0.05) is 44.1 Å². The lowest BCUT2D eigenvalue weighted by Crippen LogP contribution is -2.36. The second-order valence-electron chi connectivity index (χ2n) is 7.47. The van der Waals surface area contributed by atoms with E-state index >= 15 is 0 Å². The predicted molar refractivity (Wildman–Crippen MR) is 115 cm³/mol. The lowest BCUT2D eigenvalue weighted by Gasteiger charge is -2.28. The summed E-state index contributed by atoms with van der Waals surface area (Å²) in [7, 11) is 1.66. The quantitative estimate of drug-likeness (QED) is 0.501. The molecule has 3 aromatic heterocycles. The maximum absolute atomic E-state index is 6.07. The lowest BCUT2D eigenvalue weighted by atomic mass is 10.1. The number of nitrogens with zero attached hydrogens (tertiary/aromatic N) is 4. The first kappa shape index (κ1) is 18.8. The number of fused-ring (bicyclic) bond motifs is 1. The molecule has 1 aliphatic rings. The zero-order valence-corrected chi connectivity index (χ0v) is 17.2. The van der Waals surface area contributed by atoms with Gasteiger partial charge in [-0.05, 0) is 19.1 Å². The largest absolute Gasteiger partial charge is 0.455 e. The SMILES string of the molecule is COCc1cc2nc(-n3ccc(-c4cccc(C)c4)n3)cc(N3CCOCC3)c2o1. The van der Waals surface area contributed by atoms with Crippen LogP contribution in [0.3, 0.4) is 0 Å². The molecule has 5 rings (SSSR count). The maximum Gasteiger partial charge on any atom is 0.176 e. The van der Waals surface area contributed by atoms with Gasteiger partial charge < -0.3 is 18.8 Å². The summed E-state index contributed by atoms with van der Waals surface area (Å²) in [5.41, 5.74) is 5.80. The third kappa shape index (κ3) is 3.58. The summed E-state index contributed by atoms with van der Waals surface area (Å²) in [6.07, 6.45) is 1.95. The summed E-state index contributed by atoms with van der Waals surface area (Å²) in [5.74, 6) is 1.51. The minimum Gasteiger partial charge on any atom is -0.455 e. The van der Waals surface area contributed by atoms with E-state index < -0.39 is 0 Å². The third-order valence-corrected chi connectivity index (χ3v) is 5.27. The van der Waals surface area contributed by atoms with Gasteiger partial charge in [0.05, 0.1) is 24.6 Å². The molecule has 30 heavy (non-hydrogen) atoms. The molecular weight excluding hydrogens is 380 g/mol. The Morgan fingerprint density at radius 3 is 2.77 bits per heavy atom. The van der Waals surface area contributed by atoms with E-state index in [1.165, 1.54) is 5.56 Å². The molecule has 0 radical (unpaired) electrons. The number of aromatic nitrogens is 3. The highest BCUT2D eigenvalue weighted by atomic mass is 16.5. The molecule has 154 valence electrons. The Balaban J connectivity index is 1.59. The molecule has 0 amide bonds. The Labute approximate surface area is 174 Å². The van der Waals surface area contributed by atoms with Gasteiger partial charge in [0.15, 0.2) is 11.4 Å². The highest BCUT2D eigenvalue weighted by Gasteiger charge is 2.20. The van der Waals surface area contributed by atoms with Crippen LogP contribution < -0.4 is 4.90 Å². The van der Waals surface area contributed by atoms with E-state index in [2.05, 4.69) is 30.0 Å². The van der Waals surface area contributed by atoms with Crippen LogP contribution in [0.5, 0.6) is 0 Å². The van der Waals surface area contributed by atoms with Crippen molar-refractivity contribution in [3.05, 3.63) is 60.0 Å². The number of pyridine rings is 1. The molecule has 7 nitrogen and oxygen atoms in total. The molecule has 0 saturated carbocycles. The van der Waals surface area contributed by atoms with Gasteiger partial charge in [0.25, 0.3) is 0 Å². The molecular formula is C23H24N4O3. The highest BCUT2D eigenvalue weighted by molar-refractivity contribution is 5.88. The average Bonchev–Trinajstić information content (AvgIpc) is 3.41. The Hall–Kier alpha value is -3.16. The normalized spacial score (nSPS) is 14.5. The third-order valence-electron chi connectivity index (χ3n) is 5.27. The molecule has 0 aliphatic carbocycles. The first-order chi connectivity index (χ1) is 14.7. The predicted octanol–water partition coefficient (Wildman–Crippen LogP) is 3.97. The summed E-state index contributed by atoms with van der Waals surface area (Å²) in [5, 5.41) is 4.78. The smallest absolute Gasteiger partial charge is 0.176 e. The maximum atomic E-state index is 6.07. The first-order valence-corrected chi connectivity index (χ1v) is 10.1. The highest BCUT2D eigenvalue weighted by Crippen LogP contribution is 2.32. The van der Waals surface area contributed by atoms with Gasteiger partial charge in [0.1, 0.15) is 17.9 Å². The molecule has 0 spiro atoms. The van der Waals surface area contributed by atoms with Crippen LogP contribution in [0.4, 0.5) is 5.69 Å². The summed E-state index contributed by atoms with van der Waals surface area (Å²) in [6.45, 7) is 5.52. The Bertz CT molecular complexity index is 1170. The Morgan fingerprint density at radius 2 is 1.97 bits per heavy atom. The monoisotopic (exact) mass is 404 g/mol. The number of morpholine rings is 1. The minimum atomic E-state index is 0.410. The molecule has 4 aromatic rings. The minimum absolute atomic E-state index is 0.410. The van der Waals surface area contributed by atoms with Crippen molar-refractivity contribution in [3.63, 3.8) is 0 Å². The number of aryl methyl sites for hydroxylation is 1. The Morgan fingerprint density at radius 1 is 1.10 bits per heavy atom. The van der Waals surface area contributed by atoms with E-state index in [1.807, 2.05) is 35.1 Å². The van der Waals surface area contributed by atoms with Crippen molar-refractivity contribution in [1.82, 2.24) is 14.8 Å². The van der Waals surface area contributed by atoms with E-state index in [9.17, 15) is 0 Å². The van der Waals surface area contributed by atoms with Crippen molar-refractivity contribution >= 4 is 16.8 Å². The molecule has 7 heteroatoms. The molecule has 0 bridgehead atoms. The number of furan rings is 1. The van der Waals surface area contributed by atoms with Gasteiger partial charge >= 0.3 is 0 Å². The molecule has 0 atom stereocenters. The van der Waals surface area contributed by atoms with Crippen LogP contribution in [0.25, 0.3) is 28.2 Å². The first-order valence-electron chi connectivity index (χ1n) is 10.1. The lowest BCUT2D eigenvalue weighted by molar-refractivity contribution is 0.122. The fourth-order valence-corrected chi connectivity index (χ4v) is 3.82. The van der Waals surface area contributed by atoms with E-state index in [-0.39, 0.29) is 0 Å². The van der Waals surface area contributed by atoms with Crippen molar-refractivity contribution < 1.29 is 13.9 Å².